The lowest BCUT2D eigenvalue weighted by atomic mass is 10.2. The zero-order valence-electron chi connectivity index (χ0n) is 12.0. The van der Waals surface area contributed by atoms with E-state index in [0.29, 0.717) is 12.3 Å². The standard InChI is InChI=1S/C16H17N3O2/c1-19-15-13(18-16(19)20)8-12(9-14(15)21-2)17-10-11-6-4-3-5-7-11/h3-9,17H,10H2,1-2H3,(H,18,20). The van der Waals surface area contributed by atoms with Crippen molar-refractivity contribution in [1.82, 2.24) is 9.55 Å². The molecular weight excluding hydrogens is 266 g/mol. The van der Waals surface area contributed by atoms with Crippen LogP contribution in [-0.2, 0) is 13.6 Å². The second-order valence-electron chi connectivity index (χ2n) is 4.90. The fourth-order valence-electron chi connectivity index (χ4n) is 2.41. The third-order valence-electron chi connectivity index (χ3n) is 3.52. The molecule has 2 N–H and O–H groups in total. The van der Waals surface area contributed by atoms with E-state index in [2.05, 4.69) is 22.4 Å². The van der Waals surface area contributed by atoms with Crippen LogP contribution in [0.5, 0.6) is 5.75 Å². The van der Waals surface area contributed by atoms with Gasteiger partial charge in [-0.05, 0) is 11.6 Å². The molecule has 3 rings (SSSR count). The Bertz CT molecular complexity index is 819. The molecule has 0 aliphatic rings. The Hall–Kier alpha value is -2.69. The van der Waals surface area contributed by atoms with E-state index in [-0.39, 0.29) is 5.69 Å². The van der Waals surface area contributed by atoms with Crippen molar-refractivity contribution in [2.45, 2.75) is 6.54 Å². The minimum absolute atomic E-state index is 0.150. The lowest BCUT2D eigenvalue weighted by Crippen LogP contribution is -2.12. The zero-order chi connectivity index (χ0) is 14.8. The molecular formula is C16H17N3O2. The summed E-state index contributed by atoms with van der Waals surface area (Å²) in [6.45, 7) is 0.715. The zero-order valence-corrected chi connectivity index (χ0v) is 12.0. The quantitative estimate of drug-likeness (QED) is 0.773. The van der Waals surface area contributed by atoms with Gasteiger partial charge in [-0.2, -0.15) is 0 Å². The Morgan fingerprint density at radius 3 is 2.71 bits per heavy atom. The van der Waals surface area contributed by atoms with Crippen molar-refractivity contribution in [2.24, 2.45) is 7.05 Å². The average Bonchev–Trinajstić information content (AvgIpc) is 2.80. The summed E-state index contributed by atoms with van der Waals surface area (Å²) in [5.74, 6) is 0.670. The number of nitrogens with one attached hydrogen (secondary N) is 2. The summed E-state index contributed by atoms with van der Waals surface area (Å²) in [5, 5.41) is 3.35. The summed E-state index contributed by atoms with van der Waals surface area (Å²) >= 11 is 0. The fourth-order valence-corrected chi connectivity index (χ4v) is 2.41. The van der Waals surface area contributed by atoms with Crippen molar-refractivity contribution in [3.63, 3.8) is 0 Å². The van der Waals surface area contributed by atoms with Gasteiger partial charge in [-0.3, -0.25) is 4.57 Å². The van der Waals surface area contributed by atoms with Crippen LogP contribution in [0.3, 0.4) is 0 Å². The summed E-state index contributed by atoms with van der Waals surface area (Å²) in [5.41, 5.74) is 3.48. The monoisotopic (exact) mass is 283 g/mol. The number of methoxy groups -OCH3 is 1. The summed E-state index contributed by atoms with van der Waals surface area (Å²) < 4.78 is 6.95. The molecule has 0 saturated carbocycles. The molecule has 0 aliphatic carbocycles. The van der Waals surface area contributed by atoms with Gasteiger partial charge in [-0.25, -0.2) is 4.79 Å². The van der Waals surface area contributed by atoms with Crippen molar-refractivity contribution >= 4 is 16.7 Å². The van der Waals surface area contributed by atoms with E-state index in [4.69, 9.17) is 4.74 Å². The predicted octanol–water partition coefficient (Wildman–Crippen LogP) is 2.49. The van der Waals surface area contributed by atoms with E-state index in [1.165, 1.54) is 5.56 Å². The lowest BCUT2D eigenvalue weighted by molar-refractivity contribution is 0.418. The van der Waals surface area contributed by atoms with Crippen molar-refractivity contribution in [1.29, 1.82) is 0 Å². The number of hydrogen-bond donors (Lipinski definition) is 2. The van der Waals surface area contributed by atoms with E-state index in [1.807, 2.05) is 30.3 Å². The summed E-state index contributed by atoms with van der Waals surface area (Å²) in [7, 11) is 3.33. The second kappa shape index (κ2) is 5.36. The first-order valence-corrected chi connectivity index (χ1v) is 6.73. The number of aryl methyl sites for hydroxylation is 1. The molecule has 0 amide bonds. The third-order valence-corrected chi connectivity index (χ3v) is 3.52. The Morgan fingerprint density at radius 2 is 2.00 bits per heavy atom. The van der Waals surface area contributed by atoms with Gasteiger partial charge in [0.25, 0.3) is 0 Å². The molecule has 0 saturated heterocycles. The Kier molecular flexibility index (Phi) is 3.39. The number of benzene rings is 2. The number of aromatic amines is 1. The maximum Gasteiger partial charge on any atom is 0.326 e. The highest BCUT2D eigenvalue weighted by molar-refractivity contribution is 5.86. The van der Waals surface area contributed by atoms with Gasteiger partial charge in [0.15, 0.2) is 0 Å². The SMILES string of the molecule is COc1cc(NCc2ccccc2)cc2[nH]c(=O)n(C)c12. The molecule has 21 heavy (non-hydrogen) atoms. The average molecular weight is 283 g/mol. The molecule has 0 aliphatic heterocycles. The number of aromatic nitrogens is 2. The summed E-state index contributed by atoms with van der Waals surface area (Å²) in [6.07, 6.45) is 0. The first-order chi connectivity index (χ1) is 10.2. The van der Waals surface area contributed by atoms with Gasteiger partial charge in [0.2, 0.25) is 0 Å². The topological polar surface area (TPSA) is 59.0 Å². The Morgan fingerprint density at radius 1 is 1.24 bits per heavy atom. The van der Waals surface area contributed by atoms with Crippen molar-refractivity contribution in [2.75, 3.05) is 12.4 Å². The second-order valence-corrected chi connectivity index (χ2v) is 4.90. The first kappa shape index (κ1) is 13.3. The summed E-state index contributed by atoms with van der Waals surface area (Å²) in [4.78, 5) is 14.6. The van der Waals surface area contributed by atoms with Gasteiger partial charge in [0.1, 0.15) is 11.3 Å². The molecule has 0 spiro atoms. The molecule has 108 valence electrons. The maximum absolute atomic E-state index is 11.7. The Balaban J connectivity index is 1.94. The molecule has 2 aromatic carbocycles. The molecule has 0 radical (unpaired) electrons. The van der Waals surface area contributed by atoms with Crippen LogP contribution in [0.15, 0.2) is 47.3 Å². The number of anilines is 1. The fraction of sp³-hybridized carbons (Fsp3) is 0.188. The molecule has 1 aromatic heterocycles. The van der Waals surface area contributed by atoms with Crippen LogP contribution in [0.1, 0.15) is 5.56 Å². The van der Waals surface area contributed by atoms with Crippen LogP contribution in [-0.4, -0.2) is 16.7 Å². The van der Waals surface area contributed by atoms with E-state index < -0.39 is 0 Å². The largest absolute Gasteiger partial charge is 0.494 e. The van der Waals surface area contributed by atoms with Gasteiger partial charge in [-0.1, -0.05) is 30.3 Å². The predicted molar refractivity (Wildman–Crippen MR) is 83.9 cm³/mol. The number of H-pyrrole nitrogens is 1. The van der Waals surface area contributed by atoms with Crippen molar-refractivity contribution < 1.29 is 4.74 Å². The van der Waals surface area contributed by atoms with Crippen LogP contribution in [0.4, 0.5) is 5.69 Å². The normalized spacial score (nSPS) is 10.8. The third kappa shape index (κ3) is 2.50. The minimum Gasteiger partial charge on any atom is -0.494 e. The van der Waals surface area contributed by atoms with Gasteiger partial charge in [0.05, 0.1) is 12.6 Å². The first-order valence-electron chi connectivity index (χ1n) is 6.73. The van der Waals surface area contributed by atoms with Crippen LogP contribution in [0.25, 0.3) is 11.0 Å². The number of hydrogen-bond acceptors (Lipinski definition) is 3. The molecule has 5 nitrogen and oxygen atoms in total. The van der Waals surface area contributed by atoms with Gasteiger partial charge >= 0.3 is 5.69 Å². The number of ether oxygens (including phenoxy) is 1. The number of rotatable bonds is 4. The molecule has 3 aromatic rings. The van der Waals surface area contributed by atoms with Gasteiger partial charge in [0, 0.05) is 25.3 Å². The van der Waals surface area contributed by atoms with E-state index in [0.717, 1.165) is 16.7 Å². The smallest absolute Gasteiger partial charge is 0.326 e. The number of fused-ring (bicyclic) bond motifs is 1. The molecule has 0 atom stereocenters. The lowest BCUT2D eigenvalue weighted by Gasteiger charge is -2.10. The van der Waals surface area contributed by atoms with Crippen molar-refractivity contribution in [3.8, 4) is 5.75 Å². The molecule has 0 unspecified atom stereocenters. The molecule has 0 fully saturated rings. The molecule has 0 bridgehead atoms. The van der Waals surface area contributed by atoms with Crippen LogP contribution >= 0.6 is 0 Å². The van der Waals surface area contributed by atoms with Gasteiger partial charge in [-0.15, -0.1) is 0 Å². The van der Waals surface area contributed by atoms with Crippen LogP contribution in [0, 0.1) is 0 Å². The number of imidazole rings is 1. The highest BCUT2D eigenvalue weighted by Gasteiger charge is 2.11. The molecule has 5 heteroatoms. The van der Waals surface area contributed by atoms with Crippen LogP contribution < -0.4 is 15.7 Å². The van der Waals surface area contributed by atoms with E-state index >= 15 is 0 Å². The van der Waals surface area contributed by atoms with Gasteiger partial charge < -0.3 is 15.0 Å². The van der Waals surface area contributed by atoms with Crippen LogP contribution in [0.2, 0.25) is 0 Å². The van der Waals surface area contributed by atoms with Crippen molar-refractivity contribution in [3.05, 3.63) is 58.5 Å². The highest BCUT2D eigenvalue weighted by Crippen LogP contribution is 2.28. The van der Waals surface area contributed by atoms with E-state index in [1.54, 1.807) is 18.7 Å². The Labute approximate surface area is 122 Å². The maximum atomic E-state index is 11.7. The molecule has 1 heterocycles. The van der Waals surface area contributed by atoms with E-state index in [9.17, 15) is 4.79 Å². The number of nitrogens with zero attached hydrogens (tertiary/aromatic N) is 1. The minimum atomic E-state index is -0.150. The highest BCUT2D eigenvalue weighted by atomic mass is 16.5. The summed E-state index contributed by atoms with van der Waals surface area (Å²) in [6, 6.07) is 14.0.